The minimum absolute atomic E-state index is 0.0134. The van der Waals surface area contributed by atoms with Crippen molar-refractivity contribution in [1.82, 2.24) is 10.4 Å². The zero-order valence-corrected chi connectivity index (χ0v) is 22.8. The molecule has 2 aliphatic heterocycles. The van der Waals surface area contributed by atoms with Crippen LogP contribution in [-0.4, -0.2) is 51.5 Å². The van der Waals surface area contributed by atoms with Crippen molar-refractivity contribution in [2.75, 3.05) is 6.54 Å². The number of nitrogens with one attached hydrogen (secondary N) is 1. The number of nitrogens with zero attached hydrogens (tertiary/aromatic N) is 1. The van der Waals surface area contributed by atoms with Gasteiger partial charge in [0.1, 0.15) is 17.1 Å². The van der Waals surface area contributed by atoms with Crippen molar-refractivity contribution in [2.24, 2.45) is 0 Å². The van der Waals surface area contributed by atoms with Gasteiger partial charge in [-0.1, -0.05) is 18.6 Å². The standard InChI is InChI=1S/C31H26N2O10/c34-17-8-10-19-23(15-17)42-24-16-18(35)9-11-20(24)28(19)21-5-4-6-22(29(21)31(40)41)30(39)32-14-3-1-2-7-27(38)43-33-25(36)12-13-26(33)37/h4-6,8-11,15-16,34H,1-3,7,12-14H2,(H,32,39)(H,40,41). The number of amides is 3. The molecule has 0 saturated carbocycles. The van der Waals surface area contributed by atoms with Crippen molar-refractivity contribution in [3.63, 3.8) is 0 Å². The van der Waals surface area contributed by atoms with Crippen molar-refractivity contribution < 1.29 is 43.4 Å². The van der Waals surface area contributed by atoms with Crippen molar-refractivity contribution >= 4 is 40.6 Å². The van der Waals surface area contributed by atoms with Crippen LogP contribution in [0.25, 0.3) is 33.4 Å². The smallest absolute Gasteiger partial charge is 0.337 e. The number of hydrogen-bond acceptors (Lipinski definition) is 9. The molecule has 0 spiro atoms. The highest BCUT2D eigenvalue weighted by atomic mass is 16.7. The molecule has 1 aliphatic carbocycles. The lowest BCUT2D eigenvalue weighted by atomic mass is 9.88. The Bertz CT molecular complexity index is 1790. The normalized spacial score (nSPS) is 13.1. The van der Waals surface area contributed by atoms with Gasteiger partial charge in [0, 0.05) is 54.5 Å². The first-order valence-corrected chi connectivity index (χ1v) is 13.5. The molecular formula is C31H26N2O10. The van der Waals surface area contributed by atoms with Crippen LogP contribution in [0.1, 0.15) is 59.2 Å². The van der Waals surface area contributed by atoms with E-state index in [1.165, 1.54) is 36.4 Å². The number of aromatic carboxylic acids is 1. The topological polar surface area (TPSA) is 181 Å². The minimum atomic E-state index is -1.34. The SMILES string of the molecule is O=C(CCCCCNC(=O)c1cccc(-c2c3ccc(=O)cc-3oc3cc(O)ccc23)c1C(=O)O)ON1C(=O)CCC1=O. The molecule has 12 heteroatoms. The van der Waals surface area contributed by atoms with Crippen LogP contribution in [0.4, 0.5) is 0 Å². The van der Waals surface area contributed by atoms with Crippen LogP contribution in [0.5, 0.6) is 5.75 Å². The highest BCUT2D eigenvalue weighted by Gasteiger charge is 2.32. The molecule has 1 fully saturated rings. The molecule has 0 radical (unpaired) electrons. The second kappa shape index (κ2) is 12.1. The quantitative estimate of drug-likeness (QED) is 0.140. The Morgan fingerprint density at radius 1 is 0.907 bits per heavy atom. The molecule has 43 heavy (non-hydrogen) atoms. The molecule has 220 valence electrons. The van der Waals surface area contributed by atoms with Gasteiger partial charge in [-0.2, -0.15) is 0 Å². The summed E-state index contributed by atoms with van der Waals surface area (Å²) in [7, 11) is 0. The highest BCUT2D eigenvalue weighted by Crippen LogP contribution is 2.42. The van der Waals surface area contributed by atoms with E-state index in [9.17, 15) is 39.0 Å². The monoisotopic (exact) mass is 586 g/mol. The highest BCUT2D eigenvalue weighted by molar-refractivity contribution is 6.13. The third-order valence-corrected chi connectivity index (χ3v) is 7.01. The molecule has 12 nitrogen and oxygen atoms in total. The van der Waals surface area contributed by atoms with E-state index in [4.69, 9.17) is 9.25 Å². The number of imide groups is 1. The Morgan fingerprint density at radius 3 is 2.42 bits per heavy atom. The number of phenolic OH excluding ortho intramolecular Hbond substituents is 1. The number of aromatic hydroxyl groups is 1. The molecule has 3 aliphatic rings. The van der Waals surface area contributed by atoms with Crippen molar-refractivity contribution in [1.29, 1.82) is 0 Å². The molecule has 0 aromatic heterocycles. The molecule has 1 saturated heterocycles. The molecule has 2 heterocycles. The summed E-state index contributed by atoms with van der Waals surface area (Å²) in [6.07, 6.45) is 1.38. The number of carboxylic acid groups (broad SMARTS) is 1. The van der Waals surface area contributed by atoms with Crippen LogP contribution in [0, 0.1) is 0 Å². The molecule has 0 unspecified atom stereocenters. The lowest BCUT2D eigenvalue weighted by molar-refractivity contribution is -0.197. The molecule has 3 amide bonds. The Kier molecular flexibility index (Phi) is 8.19. The predicted octanol–water partition coefficient (Wildman–Crippen LogP) is 3.87. The average Bonchev–Trinajstić information content (AvgIpc) is 3.28. The zero-order valence-electron chi connectivity index (χ0n) is 22.8. The number of carboxylic acids is 1. The number of unbranched alkanes of at least 4 members (excludes halogenated alkanes) is 2. The average molecular weight is 587 g/mol. The number of carbonyl (C=O) groups is 5. The van der Waals surface area contributed by atoms with Crippen LogP contribution in [0.3, 0.4) is 0 Å². The van der Waals surface area contributed by atoms with Gasteiger partial charge >= 0.3 is 11.9 Å². The molecule has 0 atom stereocenters. The van der Waals surface area contributed by atoms with E-state index in [0.29, 0.717) is 40.8 Å². The maximum atomic E-state index is 13.2. The van der Waals surface area contributed by atoms with Gasteiger partial charge in [0.05, 0.1) is 11.1 Å². The molecule has 0 bridgehead atoms. The Labute approximate surface area is 243 Å². The number of phenols is 1. The van der Waals surface area contributed by atoms with Gasteiger partial charge < -0.3 is 24.8 Å². The van der Waals surface area contributed by atoms with Gasteiger partial charge in [-0.15, -0.1) is 5.06 Å². The Hall–Kier alpha value is -5.52. The van der Waals surface area contributed by atoms with Gasteiger partial charge in [0.2, 0.25) is 0 Å². The fourth-order valence-electron chi connectivity index (χ4n) is 5.00. The summed E-state index contributed by atoms with van der Waals surface area (Å²) in [5.41, 5.74) is 0.687. The van der Waals surface area contributed by atoms with Crippen LogP contribution in [-0.2, 0) is 19.2 Å². The summed E-state index contributed by atoms with van der Waals surface area (Å²) in [5.74, 6) is -3.65. The Morgan fingerprint density at radius 2 is 1.67 bits per heavy atom. The summed E-state index contributed by atoms with van der Waals surface area (Å²) in [6.45, 7) is 0.196. The molecule has 3 N–H and O–H groups in total. The second-order valence-corrected chi connectivity index (χ2v) is 9.96. The van der Waals surface area contributed by atoms with E-state index >= 15 is 0 Å². The fourth-order valence-corrected chi connectivity index (χ4v) is 5.00. The largest absolute Gasteiger partial charge is 0.508 e. The van der Waals surface area contributed by atoms with Crippen molar-refractivity contribution in [3.8, 4) is 28.2 Å². The van der Waals surface area contributed by atoms with E-state index in [2.05, 4.69) is 5.32 Å². The maximum absolute atomic E-state index is 13.2. The van der Waals surface area contributed by atoms with Gasteiger partial charge in [-0.05, 0) is 48.7 Å². The zero-order chi connectivity index (χ0) is 30.7. The first-order valence-electron chi connectivity index (χ1n) is 13.5. The van der Waals surface area contributed by atoms with Gasteiger partial charge in [0.15, 0.2) is 5.43 Å². The van der Waals surface area contributed by atoms with Crippen molar-refractivity contribution in [2.45, 2.75) is 38.5 Å². The van der Waals surface area contributed by atoms with Crippen LogP contribution >= 0.6 is 0 Å². The maximum Gasteiger partial charge on any atom is 0.337 e. The van der Waals surface area contributed by atoms with Crippen molar-refractivity contribution in [3.05, 3.63) is 75.9 Å². The van der Waals surface area contributed by atoms with Crippen LogP contribution < -0.4 is 10.7 Å². The number of fused-ring (bicyclic) bond motifs is 2. The number of hydrogen-bond donors (Lipinski definition) is 3. The summed E-state index contributed by atoms with van der Waals surface area (Å²) >= 11 is 0. The molecular weight excluding hydrogens is 560 g/mol. The number of benzene rings is 3. The van der Waals surface area contributed by atoms with E-state index in [1.54, 1.807) is 18.2 Å². The third kappa shape index (κ3) is 6.08. The first-order chi connectivity index (χ1) is 20.6. The first kappa shape index (κ1) is 29.0. The fraction of sp³-hybridized carbons (Fsp3) is 0.226. The lowest BCUT2D eigenvalue weighted by Gasteiger charge is -2.18. The lowest BCUT2D eigenvalue weighted by Crippen LogP contribution is -2.32. The Balaban J connectivity index is 1.31. The minimum Gasteiger partial charge on any atom is -0.508 e. The summed E-state index contributed by atoms with van der Waals surface area (Å²) < 4.78 is 5.84. The second-order valence-electron chi connectivity index (χ2n) is 9.96. The molecule has 2 aromatic carbocycles. The summed E-state index contributed by atoms with van der Waals surface area (Å²) in [6, 6.07) is 13.0. The van der Waals surface area contributed by atoms with E-state index in [-0.39, 0.29) is 65.0 Å². The number of carbonyl (C=O) groups excluding carboxylic acids is 4. The number of rotatable bonds is 10. The number of hydroxylamine groups is 2. The van der Waals surface area contributed by atoms with Gasteiger partial charge in [0.25, 0.3) is 17.7 Å². The van der Waals surface area contributed by atoms with E-state index in [1.807, 2.05) is 0 Å². The van der Waals surface area contributed by atoms with Gasteiger partial charge in [-0.3, -0.25) is 19.2 Å². The summed E-state index contributed by atoms with van der Waals surface area (Å²) in [4.78, 5) is 77.6. The van der Waals surface area contributed by atoms with Crippen LogP contribution in [0.15, 0.2) is 63.8 Å². The van der Waals surface area contributed by atoms with Gasteiger partial charge in [-0.25, -0.2) is 9.59 Å². The predicted molar refractivity (Wildman–Crippen MR) is 151 cm³/mol. The molecule has 5 rings (SSSR count). The molecule has 2 aromatic rings. The van der Waals surface area contributed by atoms with E-state index < -0.39 is 29.7 Å². The third-order valence-electron chi connectivity index (χ3n) is 7.01. The van der Waals surface area contributed by atoms with E-state index in [0.717, 1.165) is 0 Å². The van der Waals surface area contributed by atoms with Crippen LogP contribution in [0.2, 0.25) is 0 Å². The summed E-state index contributed by atoms with van der Waals surface area (Å²) in [5, 5.41) is 23.9.